The molecular weight excluding hydrogens is 120 g/mol. The summed E-state index contributed by atoms with van der Waals surface area (Å²) in [6.45, 7) is 0. The minimum Gasteiger partial charge on any atom is -0.503 e. The molecule has 1 aromatic rings. The number of aromatic amines is 1. The van der Waals surface area contributed by atoms with Gasteiger partial charge in [-0.25, -0.2) is 0 Å². The van der Waals surface area contributed by atoms with Crippen LogP contribution >= 0.6 is 0 Å². The molecule has 0 aromatic carbocycles. The average Bonchev–Trinajstić information content (AvgIpc) is 1.80. The molecule has 0 aliphatic rings. The van der Waals surface area contributed by atoms with Crippen molar-refractivity contribution in [3.05, 3.63) is 22.5 Å². The van der Waals surface area contributed by atoms with Gasteiger partial charge in [0.15, 0.2) is 5.75 Å². The number of aromatic nitrogens is 1. The van der Waals surface area contributed by atoms with E-state index in [1.165, 1.54) is 0 Å². The van der Waals surface area contributed by atoms with Crippen LogP contribution in [0.4, 0.5) is 5.82 Å². The summed E-state index contributed by atoms with van der Waals surface area (Å²) in [7, 11) is 0. The average molecular weight is 126 g/mol. The van der Waals surface area contributed by atoms with E-state index in [0.717, 1.165) is 12.3 Å². The smallest absolute Gasteiger partial charge is 0.225 e. The van der Waals surface area contributed by atoms with Crippen molar-refractivity contribution < 1.29 is 5.11 Å². The fourth-order valence-corrected chi connectivity index (χ4v) is 0.480. The maximum Gasteiger partial charge on any atom is 0.225 e. The van der Waals surface area contributed by atoms with Crippen molar-refractivity contribution in [2.45, 2.75) is 0 Å². The molecule has 4 N–H and O–H groups in total. The van der Waals surface area contributed by atoms with Crippen molar-refractivity contribution in [2.24, 2.45) is 0 Å². The van der Waals surface area contributed by atoms with Gasteiger partial charge in [0, 0.05) is 12.3 Å². The molecule has 0 bridgehead atoms. The molecule has 1 rings (SSSR count). The quantitative estimate of drug-likeness (QED) is 0.445. The summed E-state index contributed by atoms with van der Waals surface area (Å²) in [5, 5.41) is 8.64. The highest BCUT2D eigenvalue weighted by Crippen LogP contribution is 1.97. The third kappa shape index (κ3) is 1.02. The number of anilines is 1. The van der Waals surface area contributed by atoms with E-state index in [9.17, 15) is 4.79 Å². The summed E-state index contributed by atoms with van der Waals surface area (Å²) < 4.78 is 0. The molecule has 9 heavy (non-hydrogen) atoms. The van der Waals surface area contributed by atoms with Crippen LogP contribution in [0.2, 0.25) is 0 Å². The number of nitrogens with two attached hydrogens (primary N) is 1. The number of rotatable bonds is 0. The third-order valence-electron chi connectivity index (χ3n) is 0.915. The predicted molar refractivity (Wildman–Crippen MR) is 33.1 cm³/mol. The zero-order valence-corrected chi connectivity index (χ0v) is 4.59. The van der Waals surface area contributed by atoms with Crippen LogP contribution < -0.4 is 11.2 Å². The molecule has 0 saturated carbocycles. The molecule has 0 aliphatic heterocycles. The Morgan fingerprint density at radius 2 is 2.33 bits per heavy atom. The topological polar surface area (TPSA) is 79.1 Å². The zero-order valence-electron chi connectivity index (χ0n) is 4.59. The van der Waals surface area contributed by atoms with E-state index in [-0.39, 0.29) is 11.6 Å². The summed E-state index contributed by atoms with van der Waals surface area (Å²) in [6.07, 6.45) is 1.15. The Morgan fingerprint density at radius 1 is 1.67 bits per heavy atom. The van der Waals surface area contributed by atoms with Gasteiger partial charge in [0.25, 0.3) is 0 Å². The summed E-state index contributed by atoms with van der Waals surface area (Å²) in [5.41, 5.74) is 4.69. The summed E-state index contributed by atoms with van der Waals surface area (Å²) >= 11 is 0. The number of H-pyrrole nitrogens is 1. The highest BCUT2D eigenvalue weighted by molar-refractivity contribution is 5.31. The molecular formula is C5H6N2O2. The number of hydrogen-bond donors (Lipinski definition) is 3. The maximum absolute atomic E-state index is 10.5. The van der Waals surface area contributed by atoms with Crippen LogP contribution in [0, 0.1) is 0 Å². The minimum atomic E-state index is -0.466. The first kappa shape index (κ1) is 5.68. The van der Waals surface area contributed by atoms with Gasteiger partial charge in [0.2, 0.25) is 5.43 Å². The fraction of sp³-hybridized carbons (Fsp3) is 0. The Hall–Kier alpha value is -1.45. The van der Waals surface area contributed by atoms with Gasteiger partial charge in [0.1, 0.15) is 5.82 Å². The number of aromatic hydroxyl groups is 1. The first-order valence-electron chi connectivity index (χ1n) is 2.37. The highest BCUT2D eigenvalue weighted by Gasteiger charge is 1.92. The molecule has 1 heterocycles. The molecule has 0 unspecified atom stereocenters. The van der Waals surface area contributed by atoms with E-state index < -0.39 is 5.43 Å². The molecule has 0 atom stereocenters. The van der Waals surface area contributed by atoms with Gasteiger partial charge in [0.05, 0.1) is 0 Å². The van der Waals surface area contributed by atoms with Crippen LogP contribution in [0.1, 0.15) is 0 Å². The molecule has 4 nitrogen and oxygen atoms in total. The summed E-state index contributed by atoms with van der Waals surface area (Å²) in [5.74, 6) is -0.0676. The molecule has 48 valence electrons. The number of pyridine rings is 1. The van der Waals surface area contributed by atoms with Gasteiger partial charge in [-0.15, -0.1) is 0 Å². The second-order valence-corrected chi connectivity index (χ2v) is 1.64. The second-order valence-electron chi connectivity index (χ2n) is 1.64. The first-order valence-corrected chi connectivity index (χ1v) is 2.37. The van der Waals surface area contributed by atoms with Gasteiger partial charge in [-0.3, -0.25) is 4.79 Å². The van der Waals surface area contributed by atoms with E-state index in [0.29, 0.717) is 0 Å². The van der Waals surface area contributed by atoms with Gasteiger partial charge >= 0.3 is 0 Å². The second kappa shape index (κ2) is 1.81. The Balaban J connectivity index is 3.34. The van der Waals surface area contributed by atoms with Gasteiger partial charge in [-0.1, -0.05) is 0 Å². The molecule has 0 saturated heterocycles. The Morgan fingerprint density at radius 3 is 2.78 bits per heavy atom. The molecule has 0 radical (unpaired) electrons. The monoisotopic (exact) mass is 126 g/mol. The molecule has 4 heteroatoms. The lowest BCUT2D eigenvalue weighted by molar-refractivity contribution is 0.468. The van der Waals surface area contributed by atoms with Crippen LogP contribution in [-0.2, 0) is 0 Å². The van der Waals surface area contributed by atoms with E-state index in [1.54, 1.807) is 0 Å². The highest BCUT2D eigenvalue weighted by atomic mass is 16.3. The van der Waals surface area contributed by atoms with Gasteiger partial charge in [-0.05, 0) is 0 Å². The van der Waals surface area contributed by atoms with Gasteiger partial charge < -0.3 is 15.8 Å². The number of nitrogen functional groups attached to an aromatic ring is 1. The molecule has 0 spiro atoms. The lowest BCUT2D eigenvalue weighted by atomic mass is 10.4. The zero-order chi connectivity index (χ0) is 6.85. The lowest BCUT2D eigenvalue weighted by Crippen LogP contribution is -2.01. The van der Waals surface area contributed by atoms with Crippen molar-refractivity contribution in [1.82, 2.24) is 4.98 Å². The number of hydrogen-bond acceptors (Lipinski definition) is 3. The third-order valence-corrected chi connectivity index (χ3v) is 0.915. The summed E-state index contributed by atoms with van der Waals surface area (Å²) in [4.78, 5) is 13.0. The van der Waals surface area contributed by atoms with Crippen LogP contribution in [0.3, 0.4) is 0 Å². The fourth-order valence-electron chi connectivity index (χ4n) is 0.480. The first-order chi connectivity index (χ1) is 4.20. The van der Waals surface area contributed by atoms with E-state index in [2.05, 4.69) is 4.98 Å². The maximum atomic E-state index is 10.5. The summed E-state index contributed by atoms with van der Waals surface area (Å²) in [6, 6.07) is 1.12. The molecule has 0 amide bonds. The largest absolute Gasteiger partial charge is 0.503 e. The SMILES string of the molecule is Nc1cc(=O)c(O)c[nH]1. The van der Waals surface area contributed by atoms with Crippen molar-refractivity contribution >= 4 is 5.82 Å². The van der Waals surface area contributed by atoms with Crippen molar-refractivity contribution in [3.8, 4) is 5.75 Å². The van der Waals surface area contributed by atoms with Crippen molar-refractivity contribution in [1.29, 1.82) is 0 Å². The van der Waals surface area contributed by atoms with Crippen LogP contribution in [0.25, 0.3) is 0 Å². The normalized spacial score (nSPS) is 9.33. The van der Waals surface area contributed by atoms with Crippen molar-refractivity contribution in [2.75, 3.05) is 5.73 Å². The van der Waals surface area contributed by atoms with Crippen LogP contribution in [0.15, 0.2) is 17.1 Å². The Kier molecular flexibility index (Phi) is 1.14. The Labute approximate surface area is 50.9 Å². The van der Waals surface area contributed by atoms with E-state index in [4.69, 9.17) is 10.8 Å². The van der Waals surface area contributed by atoms with Crippen molar-refractivity contribution in [3.63, 3.8) is 0 Å². The lowest BCUT2D eigenvalue weighted by Gasteiger charge is -1.90. The van der Waals surface area contributed by atoms with Crippen LogP contribution in [-0.4, -0.2) is 10.1 Å². The molecule has 0 fully saturated rings. The molecule has 1 aromatic heterocycles. The molecule has 0 aliphatic carbocycles. The van der Waals surface area contributed by atoms with Crippen LogP contribution in [0.5, 0.6) is 5.75 Å². The standard InChI is InChI=1S/C5H6N2O2/c6-5-1-3(8)4(9)2-7-5/h1-2,9H,(H3,6,7,8). The van der Waals surface area contributed by atoms with E-state index in [1.807, 2.05) is 0 Å². The minimum absolute atomic E-state index is 0.248. The number of nitrogens with one attached hydrogen (secondary N) is 1. The van der Waals surface area contributed by atoms with Gasteiger partial charge in [-0.2, -0.15) is 0 Å². The Bertz CT molecular complexity index is 266. The van der Waals surface area contributed by atoms with E-state index >= 15 is 0 Å². The predicted octanol–water partition coefficient (Wildman–Crippen LogP) is -0.337.